The molecule has 0 aromatic heterocycles. The first-order valence-electron chi connectivity index (χ1n) is 6.40. The number of carboxylic acids is 1. The van der Waals surface area contributed by atoms with Crippen LogP contribution in [0.4, 0.5) is 11.4 Å². The zero-order valence-corrected chi connectivity index (χ0v) is 12.0. The van der Waals surface area contributed by atoms with Crippen molar-refractivity contribution in [3.8, 4) is 5.75 Å². The van der Waals surface area contributed by atoms with E-state index in [1.54, 1.807) is 24.3 Å². The number of anilines is 1. The van der Waals surface area contributed by atoms with Crippen LogP contribution in [0, 0.1) is 10.1 Å². The maximum atomic E-state index is 12.3. The van der Waals surface area contributed by atoms with Gasteiger partial charge in [-0.15, -0.1) is 0 Å². The minimum absolute atomic E-state index is 0.186. The Labute approximate surface area is 130 Å². The number of nitrogens with zero attached hydrogens (tertiary/aromatic N) is 1. The van der Waals surface area contributed by atoms with Gasteiger partial charge in [0.25, 0.3) is 11.6 Å². The number of nitro groups is 1. The molecule has 0 fully saturated rings. The van der Waals surface area contributed by atoms with Crippen LogP contribution in [-0.2, 0) is 0 Å². The Morgan fingerprint density at radius 2 is 1.87 bits per heavy atom. The predicted molar refractivity (Wildman–Crippen MR) is 81.0 cm³/mol. The number of amides is 1. The van der Waals surface area contributed by atoms with Gasteiger partial charge < -0.3 is 15.2 Å². The summed E-state index contributed by atoms with van der Waals surface area (Å²) in [6.45, 7) is 0. The number of carbonyl (C=O) groups is 2. The average molecular weight is 316 g/mol. The summed E-state index contributed by atoms with van der Waals surface area (Å²) in [5.74, 6) is -1.74. The first-order valence-corrected chi connectivity index (χ1v) is 6.40. The van der Waals surface area contributed by atoms with E-state index in [2.05, 4.69) is 5.32 Å². The van der Waals surface area contributed by atoms with Gasteiger partial charge in [-0.2, -0.15) is 0 Å². The van der Waals surface area contributed by atoms with Gasteiger partial charge in [0.15, 0.2) is 0 Å². The number of benzene rings is 2. The Morgan fingerprint density at radius 1 is 1.17 bits per heavy atom. The molecule has 8 heteroatoms. The number of nitrogens with one attached hydrogen (secondary N) is 1. The molecule has 1 amide bonds. The third-order valence-corrected chi connectivity index (χ3v) is 3.04. The van der Waals surface area contributed by atoms with Crippen LogP contribution in [0.2, 0.25) is 0 Å². The molecule has 118 valence electrons. The predicted octanol–water partition coefficient (Wildman–Crippen LogP) is 2.55. The molecule has 0 spiro atoms. The molecule has 8 nitrogen and oxygen atoms in total. The molecule has 0 atom stereocenters. The maximum Gasteiger partial charge on any atom is 0.336 e. The summed E-state index contributed by atoms with van der Waals surface area (Å²) >= 11 is 0. The lowest BCUT2D eigenvalue weighted by atomic mass is 10.1. The average Bonchev–Trinajstić information content (AvgIpc) is 2.54. The Balaban J connectivity index is 2.39. The lowest BCUT2D eigenvalue weighted by molar-refractivity contribution is -0.384. The molecular formula is C15H12N2O6. The Bertz CT molecular complexity index is 787. The van der Waals surface area contributed by atoms with E-state index in [0.29, 0.717) is 11.4 Å². The fourth-order valence-corrected chi connectivity index (χ4v) is 1.96. The van der Waals surface area contributed by atoms with Gasteiger partial charge in [0.2, 0.25) is 0 Å². The summed E-state index contributed by atoms with van der Waals surface area (Å²) in [4.78, 5) is 33.5. The van der Waals surface area contributed by atoms with Gasteiger partial charge in [0, 0.05) is 12.1 Å². The van der Waals surface area contributed by atoms with Crippen molar-refractivity contribution in [2.45, 2.75) is 0 Å². The summed E-state index contributed by atoms with van der Waals surface area (Å²) in [5.41, 5.74) is -0.688. The highest BCUT2D eigenvalue weighted by Crippen LogP contribution is 2.25. The van der Waals surface area contributed by atoms with Gasteiger partial charge in [0.1, 0.15) is 5.75 Å². The van der Waals surface area contributed by atoms with Crippen LogP contribution >= 0.6 is 0 Å². The molecule has 0 saturated carbocycles. The largest absolute Gasteiger partial charge is 0.495 e. The second-order valence-electron chi connectivity index (χ2n) is 4.45. The first kappa shape index (κ1) is 16.0. The van der Waals surface area contributed by atoms with Crippen molar-refractivity contribution in [1.82, 2.24) is 0 Å². The fraction of sp³-hybridized carbons (Fsp3) is 0.0667. The minimum atomic E-state index is -1.43. The van der Waals surface area contributed by atoms with Gasteiger partial charge >= 0.3 is 5.97 Å². The third kappa shape index (κ3) is 3.43. The number of nitro benzene ring substituents is 1. The third-order valence-electron chi connectivity index (χ3n) is 3.04. The molecule has 2 N–H and O–H groups in total. The van der Waals surface area contributed by atoms with Crippen LogP contribution in [0.5, 0.6) is 5.75 Å². The molecule has 0 aliphatic rings. The molecule has 2 rings (SSSR count). The smallest absolute Gasteiger partial charge is 0.336 e. The summed E-state index contributed by atoms with van der Waals surface area (Å²) < 4.78 is 5.09. The molecule has 2 aromatic rings. The number of carboxylic acid groups (broad SMARTS) is 1. The molecule has 0 saturated heterocycles. The van der Waals surface area contributed by atoms with Crippen molar-refractivity contribution >= 4 is 23.3 Å². The van der Waals surface area contributed by atoms with Crippen molar-refractivity contribution in [3.05, 3.63) is 63.7 Å². The topological polar surface area (TPSA) is 119 Å². The van der Waals surface area contributed by atoms with Gasteiger partial charge in [-0.05, 0) is 18.2 Å². The van der Waals surface area contributed by atoms with Crippen molar-refractivity contribution in [2.24, 2.45) is 0 Å². The quantitative estimate of drug-likeness (QED) is 0.646. The number of carbonyl (C=O) groups excluding carboxylic acids is 1. The number of para-hydroxylation sites is 2. The number of ether oxygens (including phenoxy) is 1. The van der Waals surface area contributed by atoms with E-state index in [4.69, 9.17) is 9.84 Å². The van der Waals surface area contributed by atoms with E-state index in [0.717, 1.165) is 18.2 Å². The molecule has 0 bridgehead atoms. The number of hydrogen-bond donors (Lipinski definition) is 2. The van der Waals surface area contributed by atoms with Gasteiger partial charge in [-0.1, -0.05) is 12.1 Å². The Morgan fingerprint density at radius 3 is 2.48 bits per heavy atom. The van der Waals surface area contributed by atoms with E-state index in [1.807, 2.05) is 0 Å². The molecular weight excluding hydrogens is 304 g/mol. The minimum Gasteiger partial charge on any atom is -0.495 e. The summed E-state index contributed by atoms with van der Waals surface area (Å²) in [7, 11) is 1.43. The molecule has 0 aliphatic carbocycles. The molecule has 0 unspecified atom stereocenters. The summed E-state index contributed by atoms with van der Waals surface area (Å²) in [5, 5.41) is 22.4. The number of aromatic carboxylic acids is 1. The van der Waals surface area contributed by atoms with Crippen molar-refractivity contribution < 1.29 is 24.4 Å². The van der Waals surface area contributed by atoms with Crippen LogP contribution in [-0.4, -0.2) is 29.0 Å². The summed E-state index contributed by atoms with van der Waals surface area (Å²) in [6.07, 6.45) is 0. The second-order valence-corrected chi connectivity index (χ2v) is 4.45. The van der Waals surface area contributed by atoms with Crippen molar-refractivity contribution in [3.63, 3.8) is 0 Å². The van der Waals surface area contributed by atoms with Crippen LogP contribution in [0.1, 0.15) is 20.7 Å². The first-order chi connectivity index (χ1) is 10.9. The Hall–Kier alpha value is -3.42. The highest BCUT2D eigenvalue weighted by atomic mass is 16.6. The fourth-order valence-electron chi connectivity index (χ4n) is 1.96. The highest BCUT2D eigenvalue weighted by molar-refractivity contribution is 6.11. The molecule has 23 heavy (non-hydrogen) atoms. The molecule has 0 aliphatic heterocycles. The number of hydrogen-bond acceptors (Lipinski definition) is 5. The lowest BCUT2D eigenvalue weighted by Crippen LogP contribution is -2.17. The monoisotopic (exact) mass is 316 g/mol. The SMILES string of the molecule is COc1ccccc1NC(=O)c1ccc([N+](=O)[O-])cc1C(=O)O. The molecule has 2 aromatic carbocycles. The normalized spacial score (nSPS) is 9.96. The van der Waals surface area contributed by atoms with Crippen LogP contribution in [0.3, 0.4) is 0 Å². The maximum absolute atomic E-state index is 12.3. The van der Waals surface area contributed by atoms with Gasteiger partial charge in [0.05, 0.1) is 28.8 Å². The second kappa shape index (κ2) is 6.56. The standard InChI is InChI=1S/C15H12N2O6/c1-23-13-5-3-2-4-12(13)16-14(18)10-7-6-9(17(21)22)8-11(10)15(19)20/h2-8H,1H3,(H,16,18)(H,19,20). The van der Waals surface area contributed by atoms with E-state index in [1.165, 1.54) is 7.11 Å². The van der Waals surface area contributed by atoms with Crippen LogP contribution in [0.15, 0.2) is 42.5 Å². The van der Waals surface area contributed by atoms with E-state index in [-0.39, 0.29) is 5.56 Å². The van der Waals surface area contributed by atoms with Crippen molar-refractivity contribution in [2.75, 3.05) is 12.4 Å². The van der Waals surface area contributed by atoms with Gasteiger partial charge in [-0.25, -0.2) is 4.79 Å². The lowest BCUT2D eigenvalue weighted by Gasteiger charge is -2.11. The van der Waals surface area contributed by atoms with Crippen LogP contribution < -0.4 is 10.1 Å². The number of methoxy groups -OCH3 is 1. The number of rotatable bonds is 5. The van der Waals surface area contributed by atoms with E-state index >= 15 is 0 Å². The van der Waals surface area contributed by atoms with E-state index in [9.17, 15) is 19.7 Å². The zero-order chi connectivity index (χ0) is 17.0. The number of non-ortho nitro benzene ring substituents is 1. The van der Waals surface area contributed by atoms with Crippen LogP contribution in [0.25, 0.3) is 0 Å². The van der Waals surface area contributed by atoms with E-state index < -0.39 is 28.1 Å². The Kier molecular flexibility index (Phi) is 4.55. The molecule has 0 radical (unpaired) electrons. The zero-order valence-electron chi connectivity index (χ0n) is 12.0. The van der Waals surface area contributed by atoms with Gasteiger partial charge in [-0.3, -0.25) is 14.9 Å². The summed E-state index contributed by atoms with van der Waals surface area (Å²) in [6, 6.07) is 9.62. The molecule has 0 heterocycles. The highest BCUT2D eigenvalue weighted by Gasteiger charge is 2.21. The van der Waals surface area contributed by atoms with Crippen molar-refractivity contribution in [1.29, 1.82) is 0 Å².